The molecule has 0 radical (unpaired) electrons. The number of aryl methyl sites for hydroxylation is 1. The highest BCUT2D eigenvalue weighted by Crippen LogP contribution is 2.31. The Kier molecular flexibility index (Phi) is 7.73. The highest BCUT2D eigenvalue weighted by atomic mass is 35.5. The zero-order chi connectivity index (χ0) is 19.5. The van der Waals surface area contributed by atoms with Gasteiger partial charge in [0.1, 0.15) is 0 Å². The van der Waals surface area contributed by atoms with Gasteiger partial charge in [0, 0.05) is 31.2 Å². The Bertz CT molecular complexity index is 789. The number of amides is 1. The van der Waals surface area contributed by atoms with E-state index in [1.165, 1.54) is 10.6 Å². The number of rotatable bonds is 6. The summed E-state index contributed by atoms with van der Waals surface area (Å²) >= 11 is 0. The summed E-state index contributed by atoms with van der Waals surface area (Å²) in [7, 11) is -1.60. The molecule has 7 nitrogen and oxygen atoms in total. The molecule has 2 aliphatic heterocycles. The first-order chi connectivity index (χ1) is 12.8. The molecular weight excluding hydrogens is 402 g/mol. The Labute approximate surface area is 173 Å². The molecule has 9 heteroatoms. The molecular formula is C19H30ClN3O4S. The van der Waals surface area contributed by atoms with Crippen molar-refractivity contribution in [1.29, 1.82) is 0 Å². The molecule has 0 aromatic heterocycles. The van der Waals surface area contributed by atoms with Crippen LogP contribution in [0.3, 0.4) is 0 Å². The number of benzene rings is 1. The van der Waals surface area contributed by atoms with Crippen LogP contribution in [0, 0.1) is 5.41 Å². The van der Waals surface area contributed by atoms with Gasteiger partial charge in [-0.3, -0.25) is 9.10 Å². The minimum absolute atomic E-state index is 0. The standard InChI is InChI=1S/C19H29N3O4S.ClH/c1-26-14-19(7-9-20-10-8-19)13-21-18(23)16-5-6-17-15(12-16)4-3-11-22(17)27(2,24)25;/h5-6,12,20H,3-4,7-11,13-14H2,1-2H3,(H,21,23);1H. The molecule has 1 aromatic rings. The molecule has 0 bridgehead atoms. The SMILES string of the molecule is COCC1(CNC(=O)c2ccc3c(c2)CCCN3S(C)(=O)=O)CCNCC1.Cl. The molecule has 28 heavy (non-hydrogen) atoms. The lowest BCUT2D eigenvalue weighted by Crippen LogP contribution is -2.47. The summed E-state index contributed by atoms with van der Waals surface area (Å²) in [6.45, 7) is 3.56. The lowest BCUT2D eigenvalue weighted by molar-refractivity contribution is 0.0511. The summed E-state index contributed by atoms with van der Waals surface area (Å²) < 4.78 is 30.8. The fourth-order valence-corrected chi connectivity index (χ4v) is 5.05. The Morgan fingerprint density at radius 2 is 2.04 bits per heavy atom. The molecule has 2 heterocycles. The lowest BCUT2D eigenvalue weighted by atomic mass is 9.79. The van der Waals surface area contributed by atoms with Crippen molar-refractivity contribution in [2.45, 2.75) is 25.7 Å². The maximum atomic E-state index is 12.7. The first-order valence-electron chi connectivity index (χ1n) is 9.43. The average Bonchev–Trinajstić information content (AvgIpc) is 2.65. The predicted molar refractivity (Wildman–Crippen MR) is 113 cm³/mol. The topological polar surface area (TPSA) is 87.7 Å². The Morgan fingerprint density at radius 1 is 1.32 bits per heavy atom. The Balaban J connectivity index is 0.00000280. The van der Waals surface area contributed by atoms with Crippen LogP contribution in [-0.4, -0.2) is 60.5 Å². The molecule has 1 amide bonds. The molecule has 3 rings (SSSR count). The summed E-state index contributed by atoms with van der Waals surface area (Å²) in [4.78, 5) is 12.7. The second-order valence-corrected chi connectivity index (χ2v) is 9.55. The number of ether oxygens (including phenoxy) is 1. The van der Waals surface area contributed by atoms with Crippen molar-refractivity contribution in [1.82, 2.24) is 10.6 Å². The molecule has 158 valence electrons. The lowest BCUT2D eigenvalue weighted by Gasteiger charge is -2.37. The number of piperidine rings is 1. The maximum absolute atomic E-state index is 12.7. The van der Waals surface area contributed by atoms with Gasteiger partial charge in [-0.25, -0.2) is 8.42 Å². The van der Waals surface area contributed by atoms with Crippen molar-refractivity contribution in [2.24, 2.45) is 5.41 Å². The zero-order valence-electron chi connectivity index (χ0n) is 16.5. The van der Waals surface area contributed by atoms with Gasteiger partial charge in [0.2, 0.25) is 10.0 Å². The van der Waals surface area contributed by atoms with E-state index in [1.54, 1.807) is 19.2 Å². The summed E-state index contributed by atoms with van der Waals surface area (Å²) in [6.07, 6.45) is 4.69. The fraction of sp³-hybridized carbons (Fsp3) is 0.632. The Morgan fingerprint density at radius 3 is 2.68 bits per heavy atom. The first kappa shape index (κ1) is 22.9. The van der Waals surface area contributed by atoms with Crippen molar-refractivity contribution in [2.75, 3.05) is 50.5 Å². The van der Waals surface area contributed by atoms with Crippen molar-refractivity contribution in [3.8, 4) is 0 Å². The summed E-state index contributed by atoms with van der Waals surface area (Å²) in [5.41, 5.74) is 2.14. The third-order valence-electron chi connectivity index (χ3n) is 5.56. The molecule has 2 aliphatic rings. The number of methoxy groups -OCH3 is 1. The third kappa shape index (κ3) is 5.17. The van der Waals surface area contributed by atoms with E-state index in [9.17, 15) is 13.2 Å². The molecule has 0 unspecified atom stereocenters. The summed E-state index contributed by atoms with van der Waals surface area (Å²) in [6, 6.07) is 5.29. The van der Waals surface area contributed by atoms with E-state index in [1.807, 2.05) is 6.07 Å². The second-order valence-electron chi connectivity index (χ2n) is 7.65. The van der Waals surface area contributed by atoms with Gasteiger partial charge >= 0.3 is 0 Å². The number of anilines is 1. The van der Waals surface area contributed by atoms with Crippen LogP contribution in [0.15, 0.2) is 18.2 Å². The van der Waals surface area contributed by atoms with E-state index in [-0.39, 0.29) is 23.7 Å². The number of hydrogen-bond acceptors (Lipinski definition) is 5. The van der Waals surface area contributed by atoms with Crippen LogP contribution in [0.25, 0.3) is 0 Å². The van der Waals surface area contributed by atoms with Crippen LogP contribution in [0.1, 0.15) is 35.2 Å². The summed E-state index contributed by atoms with van der Waals surface area (Å²) in [5.74, 6) is -0.122. The van der Waals surface area contributed by atoms with Gasteiger partial charge in [-0.05, 0) is 62.5 Å². The van der Waals surface area contributed by atoms with E-state index in [2.05, 4.69) is 10.6 Å². The van der Waals surface area contributed by atoms with Crippen LogP contribution in [0.4, 0.5) is 5.69 Å². The number of fused-ring (bicyclic) bond motifs is 1. The molecule has 0 saturated carbocycles. The quantitative estimate of drug-likeness (QED) is 0.713. The molecule has 2 N–H and O–H groups in total. The van der Waals surface area contributed by atoms with E-state index in [0.29, 0.717) is 30.9 Å². The minimum Gasteiger partial charge on any atom is -0.384 e. The highest BCUT2D eigenvalue weighted by molar-refractivity contribution is 7.92. The second kappa shape index (κ2) is 9.43. The fourth-order valence-electron chi connectivity index (χ4n) is 4.05. The van der Waals surface area contributed by atoms with Gasteiger partial charge in [0.25, 0.3) is 5.91 Å². The number of sulfonamides is 1. The van der Waals surface area contributed by atoms with Crippen molar-refractivity contribution >= 4 is 34.0 Å². The molecule has 0 atom stereocenters. The third-order valence-corrected chi connectivity index (χ3v) is 6.74. The van der Waals surface area contributed by atoms with Crippen molar-refractivity contribution in [3.63, 3.8) is 0 Å². The van der Waals surface area contributed by atoms with E-state index in [4.69, 9.17) is 4.74 Å². The van der Waals surface area contributed by atoms with Gasteiger partial charge in [-0.15, -0.1) is 12.4 Å². The monoisotopic (exact) mass is 431 g/mol. The van der Waals surface area contributed by atoms with Gasteiger partial charge in [0.05, 0.1) is 18.6 Å². The molecule has 1 aromatic carbocycles. The molecule has 0 aliphatic carbocycles. The van der Waals surface area contributed by atoms with E-state index in [0.717, 1.165) is 44.3 Å². The number of nitrogens with one attached hydrogen (secondary N) is 2. The number of carbonyl (C=O) groups is 1. The van der Waals surface area contributed by atoms with E-state index >= 15 is 0 Å². The van der Waals surface area contributed by atoms with Crippen LogP contribution < -0.4 is 14.9 Å². The number of carbonyl (C=O) groups excluding carboxylic acids is 1. The number of nitrogens with zero attached hydrogens (tertiary/aromatic N) is 1. The smallest absolute Gasteiger partial charge is 0.251 e. The first-order valence-corrected chi connectivity index (χ1v) is 11.3. The number of hydrogen-bond donors (Lipinski definition) is 2. The van der Waals surface area contributed by atoms with Gasteiger partial charge in [-0.1, -0.05) is 0 Å². The van der Waals surface area contributed by atoms with Crippen LogP contribution in [0.2, 0.25) is 0 Å². The van der Waals surface area contributed by atoms with Crippen molar-refractivity contribution < 1.29 is 17.9 Å². The summed E-state index contributed by atoms with van der Waals surface area (Å²) in [5, 5.41) is 6.41. The van der Waals surface area contributed by atoms with Crippen LogP contribution >= 0.6 is 12.4 Å². The average molecular weight is 432 g/mol. The predicted octanol–water partition coefficient (Wildman–Crippen LogP) is 1.57. The zero-order valence-corrected chi connectivity index (χ0v) is 18.1. The van der Waals surface area contributed by atoms with Gasteiger partial charge in [0.15, 0.2) is 0 Å². The van der Waals surface area contributed by atoms with E-state index < -0.39 is 10.0 Å². The normalized spacial score (nSPS) is 18.7. The number of halogens is 1. The molecule has 1 fully saturated rings. The molecule has 1 saturated heterocycles. The van der Waals surface area contributed by atoms with Gasteiger partial charge in [-0.2, -0.15) is 0 Å². The minimum atomic E-state index is -3.30. The van der Waals surface area contributed by atoms with Crippen LogP contribution in [0.5, 0.6) is 0 Å². The highest BCUT2D eigenvalue weighted by Gasteiger charge is 2.32. The largest absolute Gasteiger partial charge is 0.384 e. The van der Waals surface area contributed by atoms with Crippen molar-refractivity contribution in [3.05, 3.63) is 29.3 Å². The molecule has 0 spiro atoms. The van der Waals surface area contributed by atoms with Gasteiger partial charge < -0.3 is 15.4 Å². The maximum Gasteiger partial charge on any atom is 0.251 e. The Hall–Kier alpha value is -1.35. The van der Waals surface area contributed by atoms with Crippen LogP contribution in [-0.2, 0) is 21.2 Å².